The molecule has 9 heteroatoms. The summed E-state index contributed by atoms with van der Waals surface area (Å²) >= 11 is 0. The van der Waals surface area contributed by atoms with E-state index in [1.165, 1.54) is 64.7 Å². The number of anilines is 1. The van der Waals surface area contributed by atoms with Crippen LogP contribution in [-0.2, 0) is 0 Å². The van der Waals surface area contributed by atoms with Gasteiger partial charge in [-0.2, -0.15) is 0 Å². The number of ether oxygens (including phenoxy) is 2. The van der Waals surface area contributed by atoms with Crippen LogP contribution < -0.4 is 20.8 Å². The molecule has 42 heavy (non-hydrogen) atoms. The molecule has 2 aromatic heterocycles. The van der Waals surface area contributed by atoms with Crippen LogP contribution in [0.2, 0.25) is 0 Å². The molecule has 0 spiro atoms. The zero-order valence-electron chi connectivity index (χ0n) is 24.4. The van der Waals surface area contributed by atoms with Gasteiger partial charge in [0, 0.05) is 30.1 Å². The number of aromatic nitrogens is 2. The highest BCUT2D eigenvalue weighted by molar-refractivity contribution is 6.05. The molecule has 2 N–H and O–H groups in total. The number of hydrogen-bond donors (Lipinski definition) is 1. The third-order valence-corrected chi connectivity index (χ3v) is 8.32. The Labute approximate surface area is 246 Å². The van der Waals surface area contributed by atoms with Crippen LogP contribution >= 0.6 is 0 Å². The van der Waals surface area contributed by atoms with E-state index in [9.17, 15) is 4.79 Å². The lowest BCUT2D eigenvalue weighted by Crippen LogP contribution is -2.31. The molecule has 4 heterocycles. The second kappa shape index (κ2) is 13.5. The lowest BCUT2D eigenvalue weighted by atomic mass is 10.1. The Bertz CT molecular complexity index is 1560. The first-order valence-electron chi connectivity index (χ1n) is 15.5. The van der Waals surface area contributed by atoms with Gasteiger partial charge < -0.3 is 29.4 Å². The van der Waals surface area contributed by atoms with Crippen LogP contribution in [0.3, 0.4) is 0 Å². The zero-order valence-corrected chi connectivity index (χ0v) is 24.4. The van der Waals surface area contributed by atoms with Crippen molar-refractivity contribution in [2.45, 2.75) is 51.4 Å². The average molecular weight is 572 g/mol. The number of rotatable bonds is 11. The Kier molecular flexibility index (Phi) is 9.15. The van der Waals surface area contributed by atoms with Gasteiger partial charge in [0.15, 0.2) is 5.82 Å². The Hall–Kier alpha value is -3.69. The maximum atomic E-state index is 12.9. The molecule has 0 aliphatic carbocycles. The van der Waals surface area contributed by atoms with Gasteiger partial charge in [-0.15, -0.1) is 0 Å². The molecule has 0 bridgehead atoms. The van der Waals surface area contributed by atoms with Crippen molar-refractivity contribution >= 4 is 27.7 Å². The van der Waals surface area contributed by atoms with Crippen molar-refractivity contribution < 1.29 is 13.9 Å². The number of nitrogen functional groups attached to an aromatic ring is 1. The van der Waals surface area contributed by atoms with E-state index in [4.69, 9.17) is 24.6 Å². The van der Waals surface area contributed by atoms with Crippen molar-refractivity contribution in [2.24, 2.45) is 0 Å². The minimum Gasteiger partial charge on any atom is -0.494 e. The third kappa shape index (κ3) is 6.85. The molecule has 2 aliphatic rings. The lowest BCUT2D eigenvalue weighted by molar-refractivity contribution is 0.205. The SMILES string of the molecule is Nc1nc(-c2cccc(OCCCN3CCCCC3)c2)nc2c1c(=O)oc1cc(OCCCN3CCCCC3)ccc12. The number of hydrogen-bond acceptors (Lipinski definition) is 9. The van der Waals surface area contributed by atoms with Gasteiger partial charge in [-0.05, 0) is 89.0 Å². The number of piperidine rings is 2. The van der Waals surface area contributed by atoms with Crippen LogP contribution in [0.1, 0.15) is 51.4 Å². The van der Waals surface area contributed by atoms with Gasteiger partial charge in [-0.3, -0.25) is 0 Å². The summed E-state index contributed by atoms with van der Waals surface area (Å²) < 4.78 is 17.7. The van der Waals surface area contributed by atoms with E-state index in [-0.39, 0.29) is 11.2 Å². The van der Waals surface area contributed by atoms with Gasteiger partial charge >= 0.3 is 5.63 Å². The molecule has 222 valence electrons. The molecule has 9 nitrogen and oxygen atoms in total. The van der Waals surface area contributed by atoms with Crippen molar-refractivity contribution in [3.8, 4) is 22.9 Å². The fourth-order valence-corrected chi connectivity index (χ4v) is 6.07. The molecule has 2 fully saturated rings. The summed E-state index contributed by atoms with van der Waals surface area (Å²) in [5, 5.41) is 0.873. The van der Waals surface area contributed by atoms with E-state index in [2.05, 4.69) is 14.8 Å². The highest BCUT2D eigenvalue weighted by Crippen LogP contribution is 2.30. The highest BCUT2D eigenvalue weighted by atomic mass is 16.5. The second-order valence-corrected chi connectivity index (χ2v) is 11.4. The van der Waals surface area contributed by atoms with Gasteiger partial charge in [-0.1, -0.05) is 25.0 Å². The molecule has 0 unspecified atom stereocenters. The first-order chi connectivity index (χ1) is 20.6. The van der Waals surface area contributed by atoms with E-state index in [0.29, 0.717) is 41.3 Å². The molecular weight excluding hydrogens is 530 g/mol. The molecule has 0 radical (unpaired) electrons. The van der Waals surface area contributed by atoms with E-state index < -0.39 is 5.63 Å². The molecule has 0 atom stereocenters. The molecule has 2 aromatic carbocycles. The summed E-state index contributed by atoms with van der Waals surface area (Å²) in [6.07, 6.45) is 9.77. The molecule has 0 saturated carbocycles. The van der Waals surface area contributed by atoms with Crippen molar-refractivity contribution in [3.63, 3.8) is 0 Å². The maximum absolute atomic E-state index is 12.9. The Morgan fingerprint density at radius 2 is 1.43 bits per heavy atom. The summed E-state index contributed by atoms with van der Waals surface area (Å²) in [5.41, 5.74) is 7.38. The van der Waals surface area contributed by atoms with Crippen molar-refractivity contribution in [1.82, 2.24) is 19.8 Å². The summed E-state index contributed by atoms with van der Waals surface area (Å²) in [5.74, 6) is 1.95. The van der Waals surface area contributed by atoms with Gasteiger partial charge in [0.05, 0.1) is 18.7 Å². The monoisotopic (exact) mass is 571 g/mol. The van der Waals surface area contributed by atoms with E-state index >= 15 is 0 Å². The number of benzene rings is 2. The molecular formula is C33H41N5O4. The first-order valence-corrected chi connectivity index (χ1v) is 15.5. The normalized spacial score (nSPS) is 16.7. The predicted octanol–water partition coefficient (Wildman–Crippen LogP) is 5.50. The van der Waals surface area contributed by atoms with Crippen LogP contribution in [0.15, 0.2) is 51.7 Å². The number of nitrogens with two attached hydrogens (primary N) is 1. The summed E-state index contributed by atoms with van der Waals surface area (Å²) in [6, 6.07) is 13.2. The number of nitrogens with zero attached hydrogens (tertiary/aromatic N) is 4. The largest absolute Gasteiger partial charge is 0.494 e. The van der Waals surface area contributed by atoms with E-state index in [1.54, 1.807) is 6.07 Å². The Morgan fingerprint density at radius 3 is 2.10 bits per heavy atom. The predicted molar refractivity (Wildman–Crippen MR) is 166 cm³/mol. The summed E-state index contributed by atoms with van der Waals surface area (Å²) in [7, 11) is 0. The quantitative estimate of drug-likeness (QED) is 0.142. The lowest BCUT2D eigenvalue weighted by Gasteiger charge is -2.26. The topological polar surface area (TPSA) is 107 Å². The summed E-state index contributed by atoms with van der Waals surface area (Å²) in [4.78, 5) is 27.2. The fraction of sp³-hybridized carbons (Fsp3) is 0.485. The zero-order chi connectivity index (χ0) is 28.7. The van der Waals surface area contributed by atoms with Crippen LogP contribution in [0.4, 0.5) is 5.82 Å². The van der Waals surface area contributed by atoms with Gasteiger partial charge in [0.2, 0.25) is 0 Å². The van der Waals surface area contributed by atoms with Crippen molar-refractivity contribution in [1.29, 1.82) is 0 Å². The number of fused-ring (bicyclic) bond motifs is 3. The maximum Gasteiger partial charge on any atom is 0.349 e. The minimum absolute atomic E-state index is 0.0940. The van der Waals surface area contributed by atoms with Crippen LogP contribution in [0, 0.1) is 0 Å². The standard InChI is InChI=1S/C33H41N5O4/c34-31-29-30(27-13-12-26(23-28(27)42-33(29)39)41-21-9-19-38-16-5-2-6-17-38)35-32(36-31)24-10-7-11-25(22-24)40-20-8-18-37-14-3-1-4-15-37/h7,10-13,22-23H,1-6,8-9,14-21H2,(H2,34,35,36). The molecule has 4 aromatic rings. The Morgan fingerprint density at radius 1 is 0.786 bits per heavy atom. The average Bonchev–Trinajstić information content (AvgIpc) is 3.02. The van der Waals surface area contributed by atoms with Crippen LogP contribution in [0.25, 0.3) is 33.3 Å². The van der Waals surface area contributed by atoms with Crippen molar-refractivity contribution in [2.75, 3.05) is 58.2 Å². The van der Waals surface area contributed by atoms with Crippen LogP contribution in [-0.4, -0.2) is 72.3 Å². The minimum atomic E-state index is -0.561. The van der Waals surface area contributed by atoms with Crippen molar-refractivity contribution in [3.05, 3.63) is 52.9 Å². The van der Waals surface area contributed by atoms with Crippen LogP contribution in [0.5, 0.6) is 11.5 Å². The second-order valence-electron chi connectivity index (χ2n) is 11.4. The van der Waals surface area contributed by atoms with Gasteiger partial charge in [0.25, 0.3) is 0 Å². The highest BCUT2D eigenvalue weighted by Gasteiger charge is 2.17. The first kappa shape index (κ1) is 28.4. The third-order valence-electron chi connectivity index (χ3n) is 8.32. The fourth-order valence-electron chi connectivity index (χ4n) is 6.07. The number of likely N-dealkylation sites (tertiary alicyclic amines) is 2. The molecule has 0 amide bonds. The van der Waals surface area contributed by atoms with E-state index in [1.807, 2.05) is 36.4 Å². The molecule has 2 aliphatic heterocycles. The summed E-state index contributed by atoms with van der Waals surface area (Å²) in [6.45, 7) is 8.09. The van der Waals surface area contributed by atoms with Gasteiger partial charge in [0.1, 0.15) is 28.3 Å². The van der Waals surface area contributed by atoms with Gasteiger partial charge in [-0.25, -0.2) is 14.8 Å². The van der Waals surface area contributed by atoms with E-state index in [0.717, 1.165) is 37.2 Å². The Balaban J connectivity index is 1.16. The molecule has 2 saturated heterocycles. The smallest absolute Gasteiger partial charge is 0.349 e. The molecule has 6 rings (SSSR count).